The summed E-state index contributed by atoms with van der Waals surface area (Å²) in [6.45, 7) is 3.08. The zero-order valence-corrected chi connectivity index (χ0v) is 14.7. The van der Waals surface area contributed by atoms with Gasteiger partial charge in [0.25, 0.3) is 0 Å². The fourth-order valence-corrected chi connectivity index (χ4v) is 2.59. The van der Waals surface area contributed by atoms with E-state index in [2.05, 4.69) is 10.2 Å². The van der Waals surface area contributed by atoms with Crippen LogP contribution in [0.15, 0.2) is 48.5 Å². The molecule has 0 aliphatic carbocycles. The van der Waals surface area contributed by atoms with Crippen molar-refractivity contribution in [3.8, 4) is 0 Å². The van der Waals surface area contributed by atoms with E-state index in [1.807, 2.05) is 32.2 Å². The molecule has 1 unspecified atom stereocenters. The minimum absolute atomic E-state index is 0.0203. The second-order valence-electron chi connectivity index (χ2n) is 5.83. The SMILES string of the molecule is CC(c1ccc(F)cc1)N(C)CCC(=O)NCc1ccccc1Cl. The second-order valence-corrected chi connectivity index (χ2v) is 6.23. The van der Waals surface area contributed by atoms with Crippen LogP contribution in [0.1, 0.15) is 30.5 Å². The molecule has 24 heavy (non-hydrogen) atoms. The summed E-state index contributed by atoms with van der Waals surface area (Å²) in [7, 11) is 1.95. The molecule has 0 aromatic heterocycles. The molecular formula is C19H22ClFN2O. The van der Waals surface area contributed by atoms with Crippen LogP contribution in [0, 0.1) is 5.82 Å². The summed E-state index contributed by atoms with van der Waals surface area (Å²) >= 11 is 6.07. The lowest BCUT2D eigenvalue weighted by Crippen LogP contribution is -2.30. The van der Waals surface area contributed by atoms with Gasteiger partial charge >= 0.3 is 0 Å². The Kier molecular flexibility index (Phi) is 6.76. The van der Waals surface area contributed by atoms with Crippen molar-refractivity contribution in [1.29, 1.82) is 0 Å². The molecule has 0 aliphatic rings. The second kappa shape index (κ2) is 8.81. The highest BCUT2D eigenvalue weighted by Gasteiger charge is 2.13. The zero-order chi connectivity index (χ0) is 17.5. The minimum Gasteiger partial charge on any atom is -0.352 e. The number of benzene rings is 2. The van der Waals surface area contributed by atoms with Crippen molar-refractivity contribution in [3.63, 3.8) is 0 Å². The van der Waals surface area contributed by atoms with Crippen LogP contribution in [0.25, 0.3) is 0 Å². The van der Waals surface area contributed by atoms with Gasteiger partial charge in [0.2, 0.25) is 5.91 Å². The van der Waals surface area contributed by atoms with Gasteiger partial charge in [-0.15, -0.1) is 0 Å². The number of nitrogens with zero attached hydrogens (tertiary/aromatic N) is 1. The van der Waals surface area contributed by atoms with E-state index in [1.165, 1.54) is 12.1 Å². The maximum atomic E-state index is 13.0. The van der Waals surface area contributed by atoms with Crippen molar-refractivity contribution >= 4 is 17.5 Å². The molecule has 2 aromatic rings. The summed E-state index contributed by atoms with van der Waals surface area (Å²) in [5.41, 5.74) is 1.93. The van der Waals surface area contributed by atoms with Crippen LogP contribution >= 0.6 is 11.6 Å². The predicted molar refractivity (Wildman–Crippen MR) is 95.4 cm³/mol. The van der Waals surface area contributed by atoms with Crippen LogP contribution in [0.3, 0.4) is 0 Å². The number of nitrogens with one attached hydrogen (secondary N) is 1. The Bertz CT molecular complexity index is 675. The first-order valence-electron chi connectivity index (χ1n) is 7.93. The Morgan fingerprint density at radius 3 is 2.54 bits per heavy atom. The van der Waals surface area contributed by atoms with E-state index in [0.717, 1.165) is 11.1 Å². The van der Waals surface area contributed by atoms with Gasteiger partial charge in [-0.1, -0.05) is 41.9 Å². The molecule has 1 N–H and O–H groups in total. The molecule has 0 bridgehead atoms. The van der Waals surface area contributed by atoms with Gasteiger partial charge < -0.3 is 5.32 Å². The molecule has 2 aromatic carbocycles. The highest BCUT2D eigenvalue weighted by atomic mass is 35.5. The molecule has 0 spiro atoms. The van der Waals surface area contributed by atoms with E-state index < -0.39 is 0 Å². The highest BCUT2D eigenvalue weighted by Crippen LogP contribution is 2.19. The summed E-state index contributed by atoms with van der Waals surface area (Å²) in [5, 5.41) is 3.53. The lowest BCUT2D eigenvalue weighted by Gasteiger charge is -2.24. The van der Waals surface area contributed by atoms with Crippen LogP contribution in [-0.4, -0.2) is 24.4 Å². The Morgan fingerprint density at radius 1 is 1.21 bits per heavy atom. The fourth-order valence-electron chi connectivity index (χ4n) is 2.39. The van der Waals surface area contributed by atoms with E-state index in [9.17, 15) is 9.18 Å². The molecule has 0 radical (unpaired) electrons. The summed E-state index contributed by atoms with van der Waals surface area (Å²) in [4.78, 5) is 14.1. The van der Waals surface area contributed by atoms with Crippen molar-refractivity contribution < 1.29 is 9.18 Å². The normalized spacial score (nSPS) is 12.2. The summed E-state index contributed by atoms with van der Waals surface area (Å²) in [6, 6.07) is 14.0. The Balaban J connectivity index is 1.78. The summed E-state index contributed by atoms with van der Waals surface area (Å²) in [6.07, 6.45) is 0.395. The number of rotatable bonds is 7. The smallest absolute Gasteiger partial charge is 0.221 e. The van der Waals surface area contributed by atoms with Crippen LogP contribution in [0.2, 0.25) is 5.02 Å². The third kappa shape index (κ3) is 5.32. The topological polar surface area (TPSA) is 32.3 Å². The average Bonchev–Trinajstić information content (AvgIpc) is 2.59. The Labute approximate surface area is 147 Å². The lowest BCUT2D eigenvalue weighted by molar-refractivity contribution is -0.121. The van der Waals surface area contributed by atoms with Crippen molar-refractivity contribution in [1.82, 2.24) is 10.2 Å². The number of carbonyl (C=O) groups is 1. The average molecular weight is 349 g/mol. The molecule has 0 fully saturated rings. The van der Waals surface area contributed by atoms with Gasteiger partial charge in [0.1, 0.15) is 5.82 Å². The van der Waals surface area contributed by atoms with Crippen LogP contribution in [-0.2, 0) is 11.3 Å². The van der Waals surface area contributed by atoms with Crippen molar-refractivity contribution in [2.75, 3.05) is 13.6 Å². The maximum absolute atomic E-state index is 13.0. The molecule has 0 saturated heterocycles. The molecular weight excluding hydrogens is 327 g/mol. The van der Waals surface area contributed by atoms with E-state index >= 15 is 0 Å². The molecule has 5 heteroatoms. The van der Waals surface area contributed by atoms with E-state index in [-0.39, 0.29) is 17.8 Å². The molecule has 0 heterocycles. The van der Waals surface area contributed by atoms with Crippen LogP contribution < -0.4 is 5.32 Å². The molecule has 1 amide bonds. The van der Waals surface area contributed by atoms with E-state index in [1.54, 1.807) is 18.2 Å². The third-order valence-corrected chi connectivity index (χ3v) is 4.51. The van der Waals surface area contributed by atoms with Crippen molar-refractivity contribution in [2.24, 2.45) is 0 Å². The van der Waals surface area contributed by atoms with Crippen molar-refractivity contribution in [3.05, 3.63) is 70.5 Å². The van der Waals surface area contributed by atoms with Crippen LogP contribution in [0.5, 0.6) is 0 Å². The van der Waals surface area contributed by atoms with Crippen LogP contribution in [0.4, 0.5) is 4.39 Å². The largest absolute Gasteiger partial charge is 0.352 e. The minimum atomic E-state index is -0.243. The van der Waals surface area contributed by atoms with Gasteiger partial charge in [-0.3, -0.25) is 9.69 Å². The standard InChI is InChI=1S/C19H22ClFN2O/c1-14(15-7-9-17(21)10-8-15)23(2)12-11-19(24)22-13-16-5-3-4-6-18(16)20/h3-10,14H,11-13H2,1-2H3,(H,22,24). The number of hydrogen-bond donors (Lipinski definition) is 1. The lowest BCUT2D eigenvalue weighted by atomic mass is 10.1. The number of amides is 1. The highest BCUT2D eigenvalue weighted by molar-refractivity contribution is 6.31. The maximum Gasteiger partial charge on any atom is 0.221 e. The summed E-state index contributed by atoms with van der Waals surface area (Å²) in [5.74, 6) is -0.263. The Morgan fingerprint density at radius 2 is 1.88 bits per heavy atom. The zero-order valence-electron chi connectivity index (χ0n) is 13.9. The Hall–Kier alpha value is -1.91. The van der Waals surface area contributed by atoms with Gasteiger partial charge in [0.05, 0.1) is 0 Å². The van der Waals surface area contributed by atoms with E-state index in [0.29, 0.717) is 24.5 Å². The number of hydrogen-bond acceptors (Lipinski definition) is 2. The van der Waals surface area contributed by atoms with E-state index in [4.69, 9.17) is 11.6 Å². The molecule has 1 atom stereocenters. The quantitative estimate of drug-likeness (QED) is 0.814. The molecule has 0 saturated carbocycles. The first-order valence-corrected chi connectivity index (χ1v) is 8.31. The monoisotopic (exact) mass is 348 g/mol. The molecule has 0 aliphatic heterocycles. The molecule has 2 rings (SSSR count). The first kappa shape index (κ1) is 18.4. The van der Waals surface area contributed by atoms with Gasteiger partial charge in [-0.25, -0.2) is 4.39 Å². The first-order chi connectivity index (χ1) is 11.5. The van der Waals surface area contributed by atoms with Gasteiger partial charge in [0, 0.05) is 30.6 Å². The van der Waals surface area contributed by atoms with Gasteiger partial charge in [-0.05, 0) is 43.3 Å². The molecule has 128 valence electrons. The van der Waals surface area contributed by atoms with Gasteiger partial charge in [0.15, 0.2) is 0 Å². The third-order valence-electron chi connectivity index (χ3n) is 4.14. The van der Waals surface area contributed by atoms with Gasteiger partial charge in [-0.2, -0.15) is 0 Å². The number of halogens is 2. The summed E-state index contributed by atoms with van der Waals surface area (Å²) < 4.78 is 13.0. The number of carbonyl (C=O) groups excluding carboxylic acids is 1. The fraction of sp³-hybridized carbons (Fsp3) is 0.316. The molecule has 3 nitrogen and oxygen atoms in total. The predicted octanol–water partition coefficient (Wildman–Crippen LogP) is 4.18. The van der Waals surface area contributed by atoms with Crippen molar-refractivity contribution in [2.45, 2.75) is 25.9 Å².